The molecular weight excluding hydrogens is 218 g/mol. The van der Waals surface area contributed by atoms with Crippen LogP contribution < -0.4 is 5.32 Å². The van der Waals surface area contributed by atoms with Crippen LogP contribution in [0.3, 0.4) is 0 Å². The van der Waals surface area contributed by atoms with Crippen molar-refractivity contribution in [3.63, 3.8) is 0 Å². The molecule has 1 fully saturated rings. The van der Waals surface area contributed by atoms with Gasteiger partial charge in [-0.3, -0.25) is 0 Å². The molecule has 0 aromatic rings. The van der Waals surface area contributed by atoms with E-state index >= 15 is 0 Å². The van der Waals surface area contributed by atoms with E-state index < -0.39 is 0 Å². The summed E-state index contributed by atoms with van der Waals surface area (Å²) in [4.78, 5) is 0. The summed E-state index contributed by atoms with van der Waals surface area (Å²) in [6, 6.07) is 0.660. The van der Waals surface area contributed by atoms with Gasteiger partial charge in [0.2, 0.25) is 0 Å². The zero-order valence-corrected chi connectivity index (χ0v) is 11.2. The SMILES string of the molecule is CCNC1CCC(OCCOCCCOC)C1. The van der Waals surface area contributed by atoms with E-state index in [9.17, 15) is 0 Å². The summed E-state index contributed by atoms with van der Waals surface area (Å²) in [6.45, 7) is 6.17. The fourth-order valence-electron chi connectivity index (χ4n) is 2.25. The quantitative estimate of drug-likeness (QED) is 0.593. The lowest BCUT2D eigenvalue weighted by molar-refractivity contribution is 0.00354. The van der Waals surface area contributed by atoms with Crippen molar-refractivity contribution in [2.45, 2.75) is 44.8 Å². The highest BCUT2D eigenvalue weighted by molar-refractivity contribution is 4.80. The van der Waals surface area contributed by atoms with Crippen molar-refractivity contribution < 1.29 is 14.2 Å². The average molecular weight is 245 g/mol. The number of hydrogen-bond donors (Lipinski definition) is 1. The van der Waals surface area contributed by atoms with Gasteiger partial charge in [-0.1, -0.05) is 6.92 Å². The molecule has 1 aliphatic rings. The Balaban J connectivity index is 1.87. The summed E-state index contributed by atoms with van der Waals surface area (Å²) in [5.74, 6) is 0. The normalized spacial score (nSPS) is 24.4. The predicted molar refractivity (Wildman–Crippen MR) is 68.4 cm³/mol. The molecular formula is C13H27NO3. The molecule has 4 heteroatoms. The van der Waals surface area contributed by atoms with Crippen LogP contribution in [-0.4, -0.2) is 52.2 Å². The van der Waals surface area contributed by atoms with Gasteiger partial charge in [-0.15, -0.1) is 0 Å². The molecule has 2 atom stereocenters. The molecule has 4 nitrogen and oxygen atoms in total. The summed E-state index contributed by atoms with van der Waals surface area (Å²) in [5.41, 5.74) is 0. The van der Waals surface area contributed by atoms with E-state index in [-0.39, 0.29) is 0 Å². The molecule has 17 heavy (non-hydrogen) atoms. The van der Waals surface area contributed by atoms with E-state index in [0.29, 0.717) is 18.8 Å². The fraction of sp³-hybridized carbons (Fsp3) is 1.00. The van der Waals surface area contributed by atoms with Crippen LogP contribution >= 0.6 is 0 Å². The van der Waals surface area contributed by atoms with Crippen LogP contribution in [0, 0.1) is 0 Å². The van der Waals surface area contributed by atoms with Gasteiger partial charge in [0.1, 0.15) is 0 Å². The number of methoxy groups -OCH3 is 1. The van der Waals surface area contributed by atoms with Crippen molar-refractivity contribution in [3.8, 4) is 0 Å². The largest absolute Gasteiger partial charge is 0.385 e. The molecule has 0 heterocycles. The summed E-state index contributed by atoms with van der Waals surface area (Å²) in [7, 11) is 1.71. The lowest BCUT2D eigenvalue weighted by Crippen LogP contribution is -2.27. The van der Waals surface area contributed by atoms with E-state index in [1.54, 1.807) is 7.11 Å². The van der Waals surface area contributed by atoms with Gasteiger partial charge in [0.15, 0.2) is 0 Å². The summed E-state index contributed by atoms with van der Waals surface area (Å²) < 4.78 is 16.2. The maximum Gasteiger partial charge on any atom is 0.0704 e. The second kappa shape index (κ2) is 9.83. The van der Waals surface area contributed by atoms with Crippen LogP contribution in [0.15, 0.2) is 0 Å². The third kappa shape index (κ3) is 6.99. The van der Waals surface area contributed by atoms with Gasteiger partial charge < -0.3 is 19.5 Å². The number of nitrogens with one attached hydrogen (secondary N) is 1. The maximum absolute atomic E-state index is 5.79. The zero-order valence-electron chi connectivity index (χ0n) is 11.2. The molecule has 0 radical (unpaired) electrons. The predicted octanol–water partition coefficient (Wildman–Crippen LogP) is 1.59. The number of rotatable bonds is 10. The van der Waals surface area contributed by atoms with Gasteiger partial charge in [0.05, 0.1) is 19.3 Å². The molecule has 0 spiro atoms. The molecule has 0 aromatic heterocycles. The molecule has 1 N–H and O–H groups in total. The second-order valence-electron chi connectivity index (χ2n) is 4.52. The molecule has 1 aliphatic carbocycles. The zero-order chi connectivity index (χ0) is 12.3. The Morgan fingerprint density at radius 3 is 2.76 bits per heavy atom. The van der Waals surface area contributed by atoms with Gasteiger partial charge in [-0.05, 0) is 32.2 Å². The molecule has 1 rings (SSSR count). The van der Waals surface area contributed by atoms with Crippen LogP contribution in [0.5, 0.6) is 0 Å². The van der Waals surface area contributed by atoms with Gasteiger partial charge in [-0.25, -0.2) is 0 Å². The minimum Gasteiger partial charge on any atom is -0.385 e. The Morgan fingerprint density at radius 1 is 1.12 bits per heavy atom. The highest BCUT2D eigenvalue weighted by Gasteiger charge is 2.23. The number of ether oxygens (including phenoxy) is 3. The van der Waals surface area contributed by atoms with Crippen LogP contribution in [-0.2, 0) is 14.2 Å². The summed E-state index contributed by atoms with van der Waals surface area (Å²) in [5, 5.41) is 3.47. The summed E-state index contributed by atoms with van der Waals surface area (Å²) >= 11 is 0. The van der Waals surface area contributed by atoms with Crippen molar-refractivity contribution in [1.29, 1.82) is 0 Å². The Kier molecular flexibility index (Phi) is 8.61. The summed E-state index contributed by atoms with van der Waals surface area (Å²) in [6.07, 6.45) is 4.97. The fourth-order valence-corrected chi connectivity index (χ4v) is 2.25. The third-order valence-corrected chi connectivity index (χ3v) is 3.10. The molecule has 102 valence electrons. The lowest BCUT2D eigenvalue weighted by atomic mass is 10.2. The lowest BCUT2D eigenvalue weighted by Gasteiger charge is -2.13. The molecule has 0 aliphatic heterocycles. The molecule has 2 unspecified atom stereocenters. The van der Waals surface area contributed by atoms with Crippen LogP contribution in [0.25, 0.3) is 0 Å². The van der Waals surface area contributed by atoms with Crippen molar-refractivity contribution in [2.75, 3.05) is 40.1 Å². The van der Waals surface area contributed by atoms with Gasteiger partial charge >= 0.3 is 0 Å². The smallest absolute Gasteiger partial charge is 0.0704 e. The molecule has 0 aromatic carbocycles. The van der Waals surface area contributed by atoms with Crippen molar-refractivity contribution in [2.24, 2.45) is 0 Å². The van der Waals surface area contributed by atoms with E-state index in [4.69, 9.17) is 14.2 Å². The Hall–Kier alpha value is -0.160. The monoisotopic (exact) mass is 245 g/mol. The first-order valence-electron chi connectivity index (χ1n) is 6.78. The molecule has 0 bridgehead atoms. The third-order valence-electron chi connectivity index (χ3n) is 3.10. The molecule has 1 saturated carbocycles. The van der Waals surface area contributed by atoms with E-state index in [0.717, 1.165) is 39.2 Å². The van der Waals surface area contributed by atoms with Crippen molar-refractivity contribution in [1.82, 2.24) is 5.32 Å². The Labute approximate surface area is 105 Å². The highest BCUT2D eigenvalue weighted by Crippen LogP contribution is 2.21. The van der Waals surface area contributed by atoms with Gasteiger partial charge in [0, 0.05) is 26.4 Å². The number of hydrogen-bond acceptors (Lipinski definition) is 4. The van der Waals surface area contributed by atoms with E-state index in [1.807, 2.05) is 0 Å². The standard InChI is InChI=1S/C13H27NO3/c1-3-14-12-5-6-13(11-12)17-10-9-16-8-4-7-15-2/h12-14H,3-11H2,1-2H3. The van der Waals surface area contributed by atoms with Gasteiger partial charge in [-0.2, -0.15) is 0 Å². The first kappa shape index (κ1) is 14.9. The van der Waals surface area contributed by atoms with E-state index in [2.05, 4.69) is 12.2 Å². The first-order chi connectivity index (χ1) is 8.36. The average Bonchev–Trinajstić information content (AvgIpc) is 2.76. The topological polar surface area (TPSA) is 39.7 Å². The minimum absolute atomic E-state index is 0.432. The highest BCUT2D eigenvalue weighted by atomic mass is 16.5. The van der Waals surface area contributed by atoms with Crippen molar-refractivity contribution >= 4 is 0 Å². The first-order valence-corrected chi connectivity index (χ1v) is 6.78. The second-order valence-corrected chi connectivity index (χ2v) is 4.52. The van der Waals surface area contributed by atoms with Crippen LogP contribution in [0.2, 0.25) is 0 Å². The molecule has 0 saturated heterocycles. The minimum atomic E-state index is 0.432. The maximum atomic E-state index is 5.79. The Bertz CT molecular complexity index is 178. The molecule has 0 amide bonds. The van der Waals surface area contributed by atoms with E-state index in [1.165, 1.54) is 12.8 Å². The van der Waals surface area contributed by atoms with Crippen LogP contribution in [0.4, 0.5) is 0 Å². The van der Waals surface area contributed by atoms with Crippen molar-refractivity contribution in [3.05, 3.63) is 0 Å². The Morgan fingerprint density at radius 2 is 2.00 bits per heavy atom. The van der Waals surface area contributed by atoms with Crippen LogP contribution in [0.1, 0.15) is 32.6 Å². The van der Waals surface area contributed by atoms with Gasteiger partial charge in [0.25, 0.3) is 0 Å².